The standard InChI is InChI=1S/C29H43N9O3/c1-29(2,3)41-28(39)33-20-8-6-19(7-9-20)18-38-23-16-25(32-17-22(23)26(30-4)36-38)34-24-10-13-31-27(35-24)37-14-11-21(40-5)12-15-37/h10,13,16-17,19-21H,6-9,11-12,14-15,18H2,1-5H3,(H,30,36)(H,33,39)(H,31,32,34,35). The van der Waals surface area contributed by atoms with Gasteiger partial charge in [0.25, 0.3) is 0 Å². The van der Waals surface area contributed by atoms with Crippen LogP contribution in [0.5, 0.6) is 0 Å². The third-order valence-corrected chi connectivity index (χ3v) is 7.83. The van der Waals surface area contributed by atoms with Crippen LogP contribution in [-0.4, -0.2) is 75.8 Å². The van der Waals surface area contributed by atoms with Crippen molar-refractivity contribution in [2.45, 2.75) is 83.6 Å². The van der Waals surface area contributed by atoms with Crippen LogP contribution < -0.4 is 20.9 Å². The number of ether oxygens (including phenoxy) is 2. The molecule has 4 heterocycles. The Balaban J connectivity index is 1.24. The van der Waals surface area contributed by atoms with Gasteiger partial charge in [-0.3, -0.25) is 4.68 Å². The highest BCUT2D eigenvalue weighted by Crippen LogP contribution is 2.30. The van der Waals surface area contributed by atoms with Crippen molar-refractivity contribution in [2.75, 3.05) is 42.8 Å². The highest BCUT2D eigenvalue weighted by atomic mass is 16.6. The summed E-state index contributed by atoms with van der Waals surface area (Å²) in [7, 11) is 3.65. The van der Waals surface area contributed by atoms with Gasteiger partial charge in [-0.25, -0.2) is 14.8 Å². The topological polar surface area (TPSA) is 131 Å². The zero-order valence-electron chi connectivity index (χ0n) is 24.8. The summed E-state index contributed by atoms with van der Waals surface area (Å²) in [5.41, 5.74) is 0.518. The number of nitrogens with one attached hydrogen (secondary N) is 3. The molecule has 1 aliphatic heterocycles. The summed E-state index contributed by atoms with van der Waals surface area (Å²) >= 11 is 0. The number of pyridine rings is 1. The second-order valence-corrected chi connectivity index (χ2v) is 12.0. The fourth-order valence-corrected chi connectivity index (χ4v) is 5.66. The lowest BCUT2D eigenvalue weighted by atomic mass is 9.86. The van der Waals surface area contributed by atoms with Gasteiger partial charge in [-0.1, -0.05) is 0 Å². The molecular weight excluding hydrogens is 522 g/mol. The van der Waals surface area contributed by atoms with E-state index >= 15 is 0 Å². The Bertz CT molecular complexity index is 1320. The van der Waals surface area contributed by atoms with E-state index in [0.717, 1.165) is 74.9 Å². The lowest BCUT2D eigenvalue weighted by Gasteiger charge is -2.31. The Kier molecular flexibility index (Phi) is 8.77. The van der Waals surface area contributed by atoms with Gasteiger partial charge in [-0.05, 0) is 71.3 Å². The summed E-state index contributed by atoms with van der Waals surface area (Å²) < 4.78 is 13.0. The smallest absolute Gasteiger partial charge is 0.407 e. The molecule has 0 spiro atoms. The summed E-state index contributed by atoms with van der Waals surface area (Å²) in [6.07, 6.45) is 9.42. The number of hydrogen-bond acceptors (Lipinski definition) is 10. The first kappa shape index (κ1) is 28.8. The van der Waals surface area contributed by atoms with Crippen molar-refractivity contribution in [1.82, 2.24) is 30.0 Å². The van der Waals surface area contributed by atoms with Crippen LogP contribution >= 0.6 is 0 Å². The maximum atomic E-state index is 12.2. The Morgan fingerprint density at radius 3 is 2.51 bits per heavy atom. The van der Waals surface area contributed by atoms with Crippen LogP contribution in [-0.2, 0) is 16.0 Å². The molecule has 3 aromatic rings. The predicted octanol–water partition coefficient (Wildman–Crippen LogP) is 4.71. The number of alkyl carbamates (subject to hydrolysis) is 1. The van der Waals surface area contributed by atoms with Crippen molar-refractivity contribution in [1.29, 1.82) is 0 Å². The second kappa shape index (κ2) is 12.5. The number of methoxy groups -OCH3 is 1. The number of carbonyl (C=O) groups excluding carboxylic acids is 1. The first-order chi connectivity index (χ1) is 19.7. The number of rotatable bonds is 8. The van der Waals surface area contributed by atoms with E-state index in [2.05, 4.69) is 35.5 Å². The van der Waals surface area contributed by atoms with Gasteiger partial charge in [-0.2, -0.15) is 10.1 Å². The van der Waals surface area contributed by atoms with Crippen molar-refractivity contribution >= 4 is 40.4 Å². The predicted molar refractivity (Wildman–Crippen MR) is 160 cm³/mol. The van der Waals surface area contributed by atoms with E-state index < -0.39 is 5.60 Å². The molecule has 0 unspecified atom stereocenters. The number of amides is 1. The Labute approximate surface area is 241 Å². The van der Waals surface area contributed by atoms with Gasteiger partial charge in [0.05, 0.1) is 17.0 Å². The molecule has 3 N–H and O–H groups in total. The molecule has 12 nitrogen and oxygen atoms in total. The van der Waals surface area contributed by atoms with E-state index in [9.17, 15) is 4.79 Å². The van der Waals surface area contributed by atoms with E-state index in [1.165, 1.54) is 0 Å². The van der Waals surface area contributed by atoms with E-state index in [1.807, 2.05) is 46.1 Å². The first-order valence-electron chi connectivity index (χ1n) is 14.6. The maximum absolute atomic E-state index is 12.2. The Morgan fingerprint density at radius 1 is 1.07 bits per heavy atom. The molecule has 0 bridgehead atoms. The third-order valence-electron chi connectivity index (χ3n) is 7.83. The number of anilines is 4. The number of fused-ring (bicyclic) bond motifs is 1. The number of aromatic nitrogens is 5. The molecule has 0 atom stereocenters. The number of hydrogen-bond donors (Lipinski definition) is 3. The van der Waals surface area contributed by atoms with E-state index in [-0.39, 0.29) is 12.1 Å². The average Bonchev–Trinajstić information content (AvgIpc) is 3.30. The van der Waals surface area contributed by atoms with Crippen molar-refractivity contribution in [3.05, 3.63) is 24.5 Å². The highest BCUT2D eigenvalue weighted by molar-refractivity contribution is 5.91. The molecule has 1 aliphatic carbocycles. The van der Waals surface area contributed by atoms with Crippen LogP contribution in [0.1, 0.15) is 59.3 Å². The Hall–Kier alpha value is -3.67. The summed E-state index contributed by atoms with van der Waals surface area (Å²) in [5.74, 6) is 3.39. The van der Waals surface area contributed by atoms with Crippen LogP contribution in [0.25, 0.3) is 10.9 Å². The van der Waals surface area contributed by atoms with Gasteiger partial charge in [0.2, 0.25) is 5.95 Å². The second-order valence-electron chi connectivity index (χ2n) is 12.0. The lowest BCUT2D eigenvalue weighted by molar-refractivity contribution is 0.0486. The summed E-state index contributed by atoms with van der Waals surface area (Å²) in [4.78, 5) is 28.3. The highest BCUT2D eigenvalue weighted by Gasteiger charge is 2.26. The van der Waals surface area contributed by atoms with Crippen LogP contribution in [0, 0.1) is 5.92 Å². The molecule has 1 saturated heterocycles. The molecule has 41 heavy (non-hydrogen) atoms. The van der Waals surface area contributed by atoms with Gasteiger partial charge in [0, 0.05) is 58.3 Å². The number of nitrogens with zero attached hydrogens (tertiary/aromatic N) is 6. The summed E-state index contributed by atoms with van der Waals surface area (Å²) in [5, 5.41) is 15.4. The minimum Gasteiger partial charge on any atom is -0.444 e. The Morgan fingerprint density at radius 2 is 1.83 bits per heavy atom. The molecule has 2 aliphatic rings. The van der Waals surface area contributed by atoms with Crippen LogP contribution in [0.4, 0.5) is 28.2 Å². The zero-order chi connectivity index (χ0) is 29.0. The van der Waals surface area contributed by atoms with Crippen molar-refractivity contribution in [2.24, 2.45) is 5.92 Å². The van der Waals surface area contributed by atoms with E-state index in [4.69, 9.17) is 19.6 Å². The molecule has 0 radical (unpaired) electrons. The molecule has 0 aromatic carbocycles. The normalized spacial score (nSPS) is 20.2. The monoisotopic (exact) mass is 565 g/mol. The molecular formula is C29H43N9O3. The minimum atomic E-state index is -0.493. The van der Waals surface area contributed by atoms with E-state index in [1.54, 1.807) is 13.3 Å². The number of piperidine rings is 1. The van der Waals surface area contributed by atoms with Crippen molar-refractivity contribution in [3.63, 3.8) is 0 Å². The molecule has 2 fully saturated rings. The van der Waals surface area contributed by atoms with Crippen molar-refractivity contribution < 1.29 is 14.3 Å². The van der Waals surface area contributed by atoms with Crippen LogP contribution in [0.3, 0.4) is 0 Å². The van der Waals surface area contributed by atoms with Gasteiger partial charge in [0.1, 0.15) is 17.2 Å². The quantitative estimate of drug-likeness (QED) is 0.353. The van der Waals surface area contributed by atoms with Gasteiger partial charge in [0.15, 0.2) is 5.82 Å². The summed E-state index contributed by atoms with van der Waals surface area (Å²) in [6.45, 7) is 8.19. The average molecular weight is 566 g/mol. The fraction of sp³-hybridized carbons (Fsp3) is 0.621. The fourth-order valence-electron chi connectivity index (χ4n) is 5.66. The van der Waals surface area contributed by atoms with Gasteiger partial charge >= 0.3 is 6.09 Å². The minimum absolute atomic E-state index is 0.146. The summed E-state index contributed by atoms with van der Waals surface area (Å²) in [6, 6.07) is 4.04. The zero-order valence-corrected chi connectivity index (χ0v) is 24.8. The SMILES string of the molecule is CNc1nn(CC2CCC(NC(=O)OC(C)(C)C)CC2)c2cc(Nc3ccnc(N4CCC(OC)CC4)n3)ncc12. The lowest BCUT2D eigenvalue weighted by Crippen LogP contribution is -2.41. The third kappa shape index (κ3) is 7.35. The molecule has 3 aromatic heterocycles. The van der Waals surface area contributed by atoms with E-state index in [0.29, 0.717) is 29.6 Å². The first-order valence-corrected chi connectivity index (χ1v) is 14.6. The molecule has 12 heteroatoms. The number of carbonyl (C=O) groups is 1. The van der Waals surface area contributed by atoms with Gasteiger partial charge in [-0.15, -0.1) is 0 Å². The largest absolute Gasteiger partial charge is 0.444 e. The molecule has 5 rings (SSSR count). The van der Waals surface area contributed by atoms with Gasteiger partial charge < -0.3 is 30.3 Å². The van der Waals surface area contributed by atoms with Crippen molar-refractivity contribution in [3.8, 4) is 0 Å². The molecule has 1 saturated carbocycles. The molecule has 222 valence electrons. The molecule has 1 amide bonds. The maximum Gasteiger partial charge on any atom is 0.407 e. The van der Waals surface area contributed by atoms with Crippen LogP contribution in [0.2, 0.25) is 0 Å². The van der Waals surface area contributed by atoms with Crippen LogP contribution in [0.15, 0.2) is 24.5 Å².